The average Bonchev–Trinajstić information content (AvgIpc) is 2.31. The quantitative estimate of drug-likeness (QED) is 0.837. The molecule has 0 aliphatic heterocycles. The molecule has 1 rings (SSSR count). The van der Waals surface area contributed by atoms with Crippen LogP contribution >= 0.6 is 11.6 Å². The number of methoxy groups -OCH3 is 1. The minimum atomic E-state index is -3.75. The lowest BCUT2D eigenvalue weighted by Crippen LogP contribution is -2.19. The maximum Gasteiger partial charge on any atom is 0.304 e. The number of ether oxygens (including phenoxy) is 1. The number of benzene rings is 1. The number of aryl methyl sites for hydroxylation is 1. The Labute approximate surface area is 116 Å². The molecule has 0 aliphatic rings. The second kappa shape index (κ2) is 6.12. The van der Waals surface area contributed by atoms with Gasteiger partial charge in [-0.15, -0.1) is 0 Å². The van der Waals surface area contributed by atoms with Crippen LogP contribution in [0, 0.1) is 6.92 Å². The molecule has 0 saturated carbocycles. The summed E-state index contributed by atoms with van der Waals surface area (Å²) in [5.74, 6) is -1.41. The van der Waals surface area contributed by atoms with E-state index in [1.165, 1.54) is 19.2 Å². The SMILES string of the molecule is COc1cc(Cl)c(C)cc1NS(=O)(=O)CCC(=O)O. The Morgan fingerprint density at radius 3 is 2.63 bits per heavy atom. The molecule has 0 unspecified atom stereocenters. The summed E-state index contributed by atoms with van der Waals surface area (Å²) in [4.78, 5) is 10.4. The Kier molecular flexibility index (Phi) is 5.02. The summed E-state index contributed by atoms with van der Waals surface area (Å²) in [6.45, 7) is 1.72. The summed E-state index contributed by atoms with van der Waals surface area (Å²) < 4.78 is 30.7. The molecule has 6 nitrogen and oxygen atoms in total. The molecule has 0 spiro atoms. The monoisotopic (exact) mass is 307 g/mol. The van der Waals surface area contributed by atoms with Crippen LogP contribution in [0.25, 0.3) is 0 Å². The molecule has 1 aromatic rings. The minimum Gasteiger partial charge on any atom is -0.495 e. The summed E-state index contributed by atoms with van der Waals surface area (Å²) in [6.07, 6.45) is -0.468. The summed E-state index contributed by atoms with van der Waals surface area (Å²) >= 11 is 5.90. The first-order chi connectivity index (χ1) is 8.75. The highest BCUT2D eigenvalue weighted by Gasteiger charge is 2.16. The number of carboxylic acid groups (broad SMARTS) is 1. The number of rotatable bonds is 6. The lowest BCUT2D eigenvalue weighted by atomic mass is 10.2. The minimum absolute atomic E-state index is 0.231. The van der Waals surface area contributed by atoms with Crippen molar-refractivity contribution >= 4 is 33.3 Å². The molecular formula is C11H14ClNO5S. The lowest BCUT2D eigenvalue weighted by molar-refractivity contribution is -0.136. The highest BCUT2D eigenvalue weighted by atomic mass is 35.5. The number of halogens is 1. The number of anilines is 1. The molecule has 1 aromatic carbocycles. The molecule has 8 heteroatoms. The van der Waals surface area contributed by atoms with Gasteiger partial charge in [-0.2, -0.15) is 0 Å². The summed E-state index contributed by atoms with van der Waals surface area (Å²) in [5, 5.41) is 8.94. The van der Waals surface area contributed by atoms with E-state index in [2.05, 4.69) is 4.72 Å². The van der Waals surface area contributed by atoms with Gasteiger partial charge in [-0.1, -0.05) is 11.6 Å². The Morgan fingerprint density at radius 2 is 2.11 bits per heavy atom. The fraction of sp³-hybridized carbons (Fsp3) is 0.364. The van der Waals surface area contributed by atoms with E-state index in [9.17, 15) is 13.2 Å². The van der Waals surface area contributed by atoms with Crippen LogP contribution in [0.15, 0.2) is 12.1 Å². The van der Waals surface area contributed by atoms with Gasteiger partial charge in [0.25, 0.3) is 0 Å². The van der Waals surface area contributed by atoms with E-state index in [1.807, 2.05) is 0 Å². The van der Waals surface area contributed by atoms with Crippen LogP contribution in [0.1, 0.15) is 12.0 Å². The largest absolute Gasteiger partial charge is 0.495 e. The Bertz CT molecular complexity index is 585. The second-order valence-corrected chi connectivity index (χ2v) is 6.12. The third-order valence-corrected chi connectivity index (χ3v) is 4.01. The van der Waals surface area contributed by atoms with Gasteiger partial charge in [-0.25, -0.2) is 8.42 Å². The molecule has 0 radical (unpaired) electrons. The predicted molar refractivity (Wildman–Crippen MR) is 72.4 cm³/mol. The van der Waals surface area contributed by atoms with E-state index in [0.29, 0.717) is 10.6 Å². The Morgan fingerprint density at radius 1 is 1.47 bits per heavy atom. The van der Waals surface area contributed by atoms with Gasteiger partial charge in [0.2, 0.25) is 10.0 Å². The third kappa shape index (κ3) is 4.60. The molecule has 0 bridgehead atoms. The molecule has 0 heterocycles. The van der Waals surface area contributed by atoms with Crippen LogP contribution in [-0.2, 0) is 14.8 Å². The van der Waals surface area contributed by atoms with Crippen LogP contribution in [0.4, 0.5) is 5.69 Å². The zero-order chi connectivity index (χ0) is 14.6. The maximum atomic E-state index is 11.7. The topological polar surface area (TPSA) is 92.7 Å². The summed E-state index contributed by atoms with van der Waals surface area (Å²) in [5.41, 5.74) is 0.910. The van der Waals surface area contributed by atoms with E-state index in [4.69, 9.17) is 21.4 Å². The number of hydrogen-bond donors (Lipinski definition) is 2. The van der Waals surface area contributed by atoms with Gasteiger partial charge in [0, 0.05) is 11.1 Å². The molecule has 0 fully saturated rings. The van der Waals surface area contributed by atoms with Crippen LogP contribution in [0.2, 0.25) is 5.02 Å². The summed E-state index contributed by atoms with van der Waals surface area (Å²) in [7, 11) is -2.36. The molecule has 0 amide bonds. The van der Waals surface area contributed by atoms with Gasteiger partial charge >= 0.3 is 5.97 Å². The fourth-order valence-electron chi connectivity index (χ4n) is 1.35. The lowest BCUT2D eigenvalue weighted by Gasteiger charge is -2.13. The zero-order valence-corrected chi connectivity index (χ0v) is 12.0. The Balaban J connectivity index is 2.98. The van der Waals surface area contributed by atoms with Crippen LogP contribution in [0.5, 0.6) is 5.75 Å². The van der Waals surface area contributed by atoms with E-state index in [1.54, 1.807) is 6.92 Å². The fourth-order valence-corrected chi connectivity index (χ4v) is 2.55. The molecule has 0 aliphatic carbocycles. The second-order valence-electron chi connectivity index (χ2n) is 3.87. The van der Waals surface area contributed by atoms with E-state index >= 15 is 0 Å². The number of carbonyl (C=O) groups is 1. The number of carboxylic acids is 1. The molecule has 19 heavy (non-hydrogen) atoms. The molecule has 0 aromatic heterocycles. The third-order valence-electron chi connectivity index (χ3n) is 2.33. The highest BCUT2D eigenvalue weighted by Crippen LogP contribution is 2.31. The van der Waals surface area contributed by atoms with Crippen molar-refractivity contribution in [1.82, 2.24) is 0 Å². The molecule has 106 valence electrons. The van der Waals surface area contributed by atoms with Crippen molar-refractivity contribution in [3.63, 3.8) is 0 Å². The first-order valence-electron chi connectivity index (χ1n) is 5.31. The van der Waals surface area contributed by atoms with Gasteiger partial charge in [0.1, 0.15) is 5.75 Å². The van der Waals surface area contributed by atoms with Crippen molar-refractivity contribution in [1.29, 1.82) is 0 Å². The first kappa shape index (κ1) is 15.6. The van der Waals surface area contributed by atoms with Crippen molar-refractivity contribution in [2.45, 2.75) is 13.3 Å². The number of aliphatic carboxylic acids is 1. The van der Waals surface area contributed by atoms with Crippen molar-refractivity contribution < 1.29 is 23.1 Å². The van der Waals surface area contributed by atoms with Gasteiger partial charge in [-0.05, 0) is 18.6 Å². The Hall–Kier alpha value is -1.47. The molecule has 2 N–H and O–H groups in total. The van der Waals surface area contributed by atoms with E-state index in [0.717, 1.165) is 0 Å². The van der Waals surface area contributed by atoms with Crippen molar-refractivity contribution in [2.24, 2.45) is 0 Å². The van der Waals surface area contributed by atoms with Gasteiger partial charge < -0.3 is 9.84 Å². The van der Waals surface area contributed by atoms with Gasteiger partial charge in [0.05, 0.1) is 25.0 Å². The standard InChI is InChI=1S/C11H14ClNO5S/c1-7-5-9(10(18-2)6-8(7)12)13-19(16,17)4-3-11(14)15/h5-6,13H,3-4H2,1-2H3,(H,14,15). The predicted octanol–water partition coefficient (Wildman–Crippen LogP) is 1.87. The van der Waals surface area contributed by atoms with Gasteiger partial charge in [-0.3, -0.25) is 9.52 Å². The normalized spacial score (nSPS) is 11.1. The molecule has 0 saturated heterocycles. The van der Waals surface area contributed by atoms with Crippen LogP contribution in [0.3, 0.4) is 0 Å². The smallest absolute Gasteiger partial charge is 0.304 e. The highest BCUT2D eigenvalue weighted by molar-refractivity contribution is 7.92. The van der Waals surface area contributed by atoms with Crippen molar-refractivity contribution in [2.75, 3.05) is 17.6 Å². The van der Waals surface area contributed by atoms with E-state index < -0.39 is 28.2 Å². The van der Waals surface area contributed by atoms with Crippen molar-refractivity contribution in [3.05, 3.63) is 22.7 Å². The van der Waals surface area contributed by atoms with Gasteiger partial charge in [0.15, 0.2) is 0 Å². The molecule has 0 atom stereocenters. The average molecular weight is 308 g/mol. The summed E-state index contributed by atoms with van der Waals surface area (Å²) in [6, 6.07) is 3.02. The van der Waals surface area contributed by atoms with E-state index in [-0.39, 0.29) is 11.4 Å². The first-order valence-corrected chi connectivity index (χ1v) is 7.34. The molecular weight excluding hydrogens is 294 g/mol. The number of hydrogen-bond acceptors (Lipinski definition) is 4. The van der Waals surface area contributed by atoms with Crippen molar-refractivity contribution in [3.8, 4) is 5.75 Å². The number of sulfonamides is 1. The zero-order valence-electron chi connectivity index (χ0n) is 10.4. The van der Waals surface area contributed by atoms with Crippen LogP contribution in [-0.4, -0.2) is 32.4 Å². The number of nitrogens with one attached hydrogen (secondary N) is 1. The van der Waals surface area contributed by atoms with Crippen LogP contribution < -0.4 is 9.46 Å². The maximum absolute atomic E-state index is 11.7.